The first-order chi connectivity index (χ1) is 19.1. The third kappa shape index (κ3) is 3.12. The van der Waals surface area contributed by atoms with E-state index in [1.165, 1.54) is 76.8 Å². The van der Waals surface area contributed by atoms with Gasteiger partial charge in [-0.1, -0.05) is 141 Å². The van der Waals surface area contributed by atoms with Crippen LogP contribution >= 0.6 is 0 Å². The fourth-order valence-electron chi connectivity index (χ4n) is 7.02. The van der Waals surface area contributed by atoms with Crippen molar-refractivity contribution in [2.45, 2.75) is 19.3 Å². The molecule has 1 aliphatic carbocycles. The van der Waals surface area contributed by atoms with Gasteiger partial charge in [0.05, 0.1) is 0 Å². The summed E-state index contributed by atoms with van der Waals surface area (Å²) in [4.78, 5) is 0. The zero-order chi connectivity index (χ0) is 26.1. The van der Waals surface area contributed by atoms with Crippen molar-refractivity contribution in [3.05, 3.63) is 145 Å². The monoisotopic (exact) mass is 496 g/mol. The second-order valence-electron chi connectivity index (χ2n) is 11.3. The van der Waals surface area contributed by atoms with Gasteiger partial charge < -0.3 is 0 Å². The van der Waals surface area contributed by atoms with Crippen LogP contribution in [-0.2, 0) is 5.41 Å². The minimum atomic E-state index is -0.0692. The standard InChI is InChI=1S/C39H28/c1-39(2)34-23-21-25-12-6-7-15-28(25)38(34)33-22-20-27(24-35(33)39)37-31-18-10-8-16-29(31)36(26-13-4-3-5-14-26)30-17-9-11-19-32(30)37/h3-24H,1-2H3. The van der Waals surface area contributed by atoms with E-state index in [0.717, 1.165) is 0 Å². The summed E-state index contributed by atoms with van der Waals surface area (Å²) in [5.74, 6) is 0. The lowest BCUT2D eigenvalue weighted by atomic mass is 9.80. The van der Waals surface area contributed by atoms with Crippen molar-refractivity contribution in [3.63, 3.8) is 0 Å². The van der Waals surface area contributed by atoms with Crippen LogP contribution in [-0.4, -0.2) is 0 Å². The van der Waals surface area contributed by atoms with Gasteiger partial charge >= 0.3 is 0 Å². The van der Waals surface area contributed by atoms with Crippen LogP contribution in [0.3, 0.4) is 0 Å². The molecule has 7 aromatic carbocycles. The topological polar surface area (TPSA) is 0 Å². The van der Waals surface area contributed by atoms with Gasteiger partial charge in [0.2, 0.25) is 0 Å². The lowest BCUT2D eigenvalue weighted by Gasteiger charge is -2.23. The van der Waals surface area contributed by atoms with Crippen LogP contribution in [0.4, 0.5) is 0 Å². The highest BCUT2D eigenvalue weighted by atomic mass is 14.4. The Morgan fingerprint density at radius 1 is 0.385 bits per heavy atom. The second kappa shape index (κ2) is 8.16. The molecule has 0 saturated carbocycles. The predicted octanol–water partition coefficient (Wildman–Crippen LogP) is 10.8. The highest BCUT2D eigenvalue weighted by Crippen LogP contribution is 2.53. The summed E-state index contributed by atoms with van der Waals surface area (Å²) in [7, 11) is 0. The van der Waals surface area contributed by atoms with E-state index in [9.17, 15) is 0 Å². The molecule has 0 heterocycles. The first kappa shape index (κ1) is 22.3. The smallest absolute Gasteiger partial charge is 0.0159 e. The Balaban J connectivity index is 1.45. The van der Waals surface area contributed by atoms with Crippen LogP contribution in [0.1, 0.15) is 25.0 Å². The Bertz CT molecular complexity index is 2020. The Hall–Kier alpha value is -4.68. The fourth-order valence-corrected chi connectivity index (χ4v) is 7.02. The average Bonchev–Trinajstić information content (AvgIpc) is 3.22. The van der Waals surface area contributed by atoms with Crippen molar-refractivity contribution >= 4 is 32.3 Å². The summed E-state index contributed by atoms with van der Waals surface area (Å²) in [5.41, 5.74) is 10.7. The van der Waals surface area contributed by atoms with Crippen LogP contribution in [0, 0.1) is 0 Å². The molecule has 0 nitrogen and oxygen atoms in total. The molecule has 184 valence electrons. The van der Waals surface area contributed by atoms with Crippen LogP contribution in [0.15, 0.2) is 133 Å². The number of fused-ring (bicyclic) bond motifs is 7. The molecular weight excluding hydrogens is 468 g/mol. The summed E-state index contributed by atoms with van der Waals surface area (Å²) < 4.78 is 0. The van der Waals surface area contributed by atoms with Gasteiger partial charge in [-0.05, 0) is 82.9 Å². The van der Waals surface area contributed by atoms with Crippen molar-refractivity contribution in [3.8, 4) is 33.4 Å². The molecule has 0 bridgehead atoms. The van der Waals surface area contributed by atoms with E-state index < -0.39 is 0 Å². The van der Waals surface area contributed by atoms with E-state index >= 15 is 0 Å². The van der Waals surface area contributed by atoms with Gasteiger partial charge in [0.25, 0.3) is 0 Å². The molecule has 7 aromatic rings. The van der Waals surface area contributed by atoms with Crippen LogP contribution in [0.25, 0.3) is 65.7 Å². The molecule has 0 amide bonds. The van der Waals surface area contributed by atoms with E-state index in [4.69, 9.17) is 0 Å². The molecule has 0 N–H and O–H groups in total. The van der Waals surface area contributed by atoms with Crippen molar-refractivity contribution in [2.24, 2.45) is 0 Å². The molecule has 0 aromatic heterocycles. The highest BCUT2D eigenvalue weighted by molar-refractivity contribution is 6.21. The minimum Gasteiger partial charge on any atom is -0.0622 e. The van der Waals surface area contributed by atoms with Gasteiger partial charge in [0, 0.05) is 5.41 Å². The summed E-state index contributed by atoms with van der Waals surface area (Å²) in [6.45, 7) is 4.76. The third-order valence-corrected chi connectivity index (χ3v) is 8.85. The molecular formula is C39H28. The second-order valence-corrected chi connectivity index (χ2v) is 11.3. The number of rotatable bonds is 2. The van der Waals surface area contributed by atoms with E-state index in [1.807, 2.05) is 0 Å². The van der Waals surface area contributed by atoms with Crippen molar-refractivity contribution in [1.82, 2.24) is 0 Å². The summed E-state index contributed by atoms with van der Waals surface area (Å²) in [6, 6.07) is 49.3. The third-order valence-electron chi connectivity index (χ3n) is 8.85. The summed E-state index contributed by atoms with van der Waals surface area (Å²) in [5, 5.41) is 7.84. The molecule has 0 saturated heterocycles. The van der Waals surface area contributed by atoms with Gasteiger partial charge in [-0.25, -0.2) is 0 Å². The minimum absolute atomic E-state index is 0.0692. The van der Waals surface area contributed by atoms with Gasteiger partial charge in [0.15, 0.2) is 0 Å². The average molecular weight is 497 g/mol. The number of hydrogen-bond acceptors (Lipinski definition) is 0. The normalized spacial score (nSPS) is 13.6. The highest BCUT2D eigenvalue weighted by Gasteiger charge is 2.36. The van der Waals surface area contributed by atoms with E-state index in [2.05, 4.69) is 147 Å². The first-order valence-electron chi connectivity index (χ1n) is 13.8. The molecule has 39 heavy (non-hydrogen) atoms. The molecule has 0 heteroatoms. The number of benzene rings is 7. The van der Waals surface area contributed by atoms with E-state index in [-0.39, 0.29) is 5.41 Å². The van der Waals surface area contributed by atoms with Gasteiger partial charge in [-0.3, -0.25) is 0 Å². The zero-order valence-corrected chi connectivity index (χ0v) is 22.2. The zero-order valence-electron chi connectivity index (χ0n) is 22.2. The Morgan fingerprint density at radius 2 is 0.923 bits per heavy atom. The molecule has 0 unspecified atom stereocenters. The summed E-state index contributed by atoms with van der Waals surface area (Å²) in [6.07, 6.45) is 0. The van der Waals surface area contributed by atoms with Gasteiger partial charge in [0.1, 0.15) is 0 Å². The predicted molar refractivity (Wildman–Crippen MR) is 167 cm³/mol. The van der Waals surface area contributed by atoms with Gasteiger partial charge in [-0.15, -0.1) is 0 Å². The molecule has 0 radical (unpaired) electrons. The lowest BCUT2D eigenvalue weighted by molar-refractivity contribution is 0.661. The molecule has 0 aliphatic heterocycles. The van der Waals surface area contributed by atoms with Crippen molar-refractivity contribution in [2.75, 3.05) is 0 Å². The Kier molecular flexibility index (Phi) is 4.67. The largest absolute Gasteiger partial charge is 0.0622 e. The maximum absolute atomic E-state index is 2.47. The molecule has 0 spiro atoms. The quantitative estimate of drug-likeness (QED) is 0.209. The van der Waals surface area contributed by atoms with Crippen LogP contribution in [0.2, 0.25) is 0 Å². The Labute approximate surface area is 229 Å². The maximum Gasteiger partial charge on any atom is 0.0159 e. The first-order valence-corrected chi connectivity index (χ1v) is 13.8. The maximum atomic E-state index is 2.47. The van der Waals surface area contributed by atoms with E-state index in [0.29, 0.717) is 0 Å². The van der Waals surface area contributed by atoms with Crippen molar-refractivity contribution in [1.29, 1.82) is 0 Å². The number of hydrogen-bond donors (Lipinski definition) is 0. The van der Waals surface area contributed by atoms with Crippen molar-refractivity contribution < 1.29 is 0 Å². The summed E-state index contributed by atoms with van der Waals surface area (Å²) >= 11 is 0. The fraction of sp³-hybridized carbons (Fsp3) is 0.0769. The SMILES string of the molecule is CC1(C)c2cc(-c3c4ccccc4c(-c4ccccc4)c4ccccc34)ccc2-c2c1ccc1ccccc21. The molecule has 0 atom stereocenters. The molecule has 1 aliphatic rings. The van der Waals surface area contributed by atoms with E-state index in [1.54, 1.807) is 0 Å². The van der Waals surface area contributed by atoms with Crippen LogP contribution in [0.5, 0.6) is 0 Å². The lowest BCUT2D eigenvalue weighted by Crippen LogP contribution is -2.15. The molecule has 8 rings (SSSR count). The molecule has 0 fully saturated rings. The Morgan fingerprint density at radius 3 is 1.56 bits per heavy atom. The van der Waals surface area contributed by atoms with Crippen LogP contribution < -0.4 is 0 Å². The van der Waals surface area contributed by atoms with Gasteiger partial charge in [-0.2, -0.15) is 0 Å².